The van der Waals surface area contributed by atoms with Crippen molar-refractivity contribution in [2.24, 2.45) is 0 Å². The molecule has 1 heterocycles. The van der Waals surface area contributed by atoms with Gasteiger partial charge in [-0.15, -0.1) is 0 Å². The molecule has 1 aromatic heterocycles. The van der Waals surface area contributed by atoms with Gasteiger partial charge in [0.15, 0.2) is 0 Å². The quantitative estimate of drug-likeness (QED) is 0.416. The van der Waals surface area contributed by atoms with Crippen molar-refractivity contribution in [3.05, 3.63) is 71.4 Å². The van der Waals surface area contributed by atoms with E-state index in [-0.39, 0.29) is 23.9 Å². The molecule has 0 aliphatic rings. The highest BCUT2D eigenvalue weighted by molar-refractivity contribution is 5.96. The number of benzene rings is 2. The van der Waals surface area contributed by atoms with Crippen LogP contribution in [0.25, 0.3) is 5.69 Å². The number of amides is 3. The lowest BCUT2D eigenvalue weighted by molar-refractivity contribution is -0.116. The third-order valence-electron chi connectivity index (χ3n) is 5.70. The van der Waals surface area contributed by atoms with Crippen LogP contribution in [0.3, 0.4) is 0 Å². The van der Waals surface area contributed by atoms with Crippen LogP contribution in [0.5, 0.6) is 0 Å². The summed E-state index contributed by atoms with van der Waals surface area (Å²) < 4.78 is 1.76. The minimum atomic E-state index is -0.292. The van der Waals surface area contributed by atoms with Gasteiger partial charge in [-0.05, 0) is 50.1 Å². The molecule has 0 atom stereocenters. The molecule has 35 heavy (non-hydrogen) atoms. The molecule has 186 valence electrons. The van der Waals surface area contributed by atoms with Crippen LogP contribution in [0, 0.1) is 13.8 Å². The van der Waals surface area contributed by atoms with Crippen LogP contribution in [0.15, 0.2) is 54.6 Å². The highest BCUT2D eigenvalue weighted by atomic mass is 16.2. The topological polar surface area (TPSA) is 79.3 Å². The summed E-state index contributed by atoms with van der Waals surface area (Å²) in [7, 11) is 0. The summed E-state index contributed by atoms with van der Waals surface area (Å²) in [6.45, 7) is 12.8. The summed E-state index contributed by atoms with van der Waals surface area (Å²) in [6.07, 6.45) is 1.73. The zero-order valence-electron chi connectivity index (χ0n) is 21.7. The Kier molecular flexibility index (Phi) is 8.33. The van der Waals surface area contributed by atoms with Crippen LogP contribution in [-0.2, 0) is 10.2 Å². The molecule has 0 unspecified atom stereocenters. The van der Waals surface area contributed by atoms with Crippen LogP contribution >= 0.6 is 0 Å². The highest BCUT2D eigenvalue weighted by Gasteiger charge is 2.23. The Morgan fingerprint density at radius 3 is 2.31 bits per heavy atom. The SMILES string of the molecule is CCCCN(CC(=O)Nc1cc(C(C)(C)C)nn1-c1cccc(C)c1)C(=O)Nc1ccc(C)cc1. The Hall–Kier alpha value is -3.61. The Morgan fingerprint density at radius 1 is 0.971 bits per heavy atom. The maximum absolute atomic E-state index is 13.1. The Labute approximate surface area is 208 Å². The first-order chi connectivity index (χ1) is 16.6. The van der Waals surface area contributed by atoms with E-state index >= 15 is 0 Å². The average molecular weight is 476 g/mol. The average Bonchev–Trinajstić information content (AvgIpc) is 3.22. The minimum absolute atomic E-state index is 0.0540. The number of anilines is 2. The van der Waals surface area contributed by atoms with Crippen molar-refractivity contribution in [3.63, 3.8) is 0 Å². The van der Waals surface area contributed by atoms with Crippen LogP contribution in [0.4, 0.5) is 16.3 Å². The molecule has 2 N–H and O–H groups in total. The Bertz CT molecular complexity index is 1160. The molecule has 3 aromatic rings. The first-order valence-corrected chi connectivity index (χ1v) is 12.2. The van der Waals surface area contributed by atoms with Gasteiger partial charge in [0.25, 0.3) is 0 Å². The molecule has 0 saturated carbocycles. The maximum Gasteiger partial charge on any atom is 0.322 e. The fraction of sp³-hybridized carbons (Fsp3) is 0.393. The number of aryl methyl sites for hydroxylation is 2. The molecule has 0 spiro atoms. The fourth-order valence-corrected chi connectivity index (χ4v) is 3.59. The van der Waals surface area contributed by atoms with E-state index in [1.54, 1.807) is 9.58 Å². The van der Waals surface area contributed by atoms with Crippen molar-refractivity contribution < 1.29 is 9.59 Å². The third kappa shape index (κ3) is 7.18. The Balaban J connectivity index is 1.80. The standard InChI is InChI=1S/C28H37N5O2/c1-7-8-16-32(27(35)29-22-14-12-20(2)13-15-22)19-26(34)30-25-18-24(28(4,5)6)31-33(25)23-11-9-10-21(3)17-23/h9-15,17-18H,7-8,16,19H2,1-6H3,(H,29,35)(H,30,34). The van der Waals surface area contributed by atoms with Gasteiger partial charge in [-0.3, -0.25) is 4.79 Å². The second kappa shape index (κ2) is 11.2. The Morgan fingerprint density at radius 2 is 1.69 bits per heavy atom. The summed E-state index contributed by atoms with van der Waals surface area (Å²) in [6, 6.07) is 17.2. The van der Waals surface area contributed by atoms with E-state index in [1.807, 2.05) is 68.4 Å². The van der Waals surface area contributed by atoms with Crippen LogP contribution in [0.2, 0.25) is 0 Å². The molecule has 0 fully saturated rings. The third-order valence-corrected chi connectivity index (χ3v) is 5.70. The molecule has 0 aliphatic carbocycles. The molecule has 2 aromatic carbocycles. The maximum atomic E-state index is 13.1. The van der Waals surface area contributed by atoms with Crippen molar-refractivity contribution in [1.82, 2.24) is 14.7 Å². The van der Waals surface area contributed by atoms with E-state index in [0.717, 1.165) is 35.3 Å². The van der Waals surface area contributed by atoms with E-state index in [4.69, 9.17) is 5.10 Å². The predicted octanol–water partition coefficient (Wildman–Crippen LogP) is 6.06. The van der Waals surface area contributed by atoms with Crippen molar-refractivity contribution in [3.8, 4) is 5.69 Å². The second-order valence-electron chi connectivity index (χ2n) is 10.0. The predicted molar refractivity (Wildman–Crippen MR) is 142 cm³/mol. The summed E-state index contributed by atoms with van der Waals surface area (Å²) >= 11 is 0. The molecule has 0 saturated heterocycles. The van der Waals surface area contributed by atoms with Gasteiger partial charge in [-0.2, -0.15) is 5.10 Å². The summed E-state index contributed by atoms with van der Waals surface area (Å²) in [4.78, 5) is 27.6. The molecule has 0 aliphatic heterocycles. The zero-order valence-corrected chi connectivity index (χ0v) is 21.7. The number of unbranched alkanes of at least 4 members (excludes halogenated alkanes) is 1. The van der Waals surface area contributed by atoms with Crippen molar-refractivity contribution >= 4 is 23.4 Å². The van der Waals surface area contributed by atoms with Gasteiger partial charge < -0.3 is 15.5 Å². The summed E-state index contributed by atoms with van der Waals surface area (Å²) in [5, 5.41) is 10.7. The van der Waals surface area contributed by atoms with Gasteiger partial charge in [0, 0.05) is 23.7 Å². The van der Waals surface area contributed by atoms with Gasteiger partial charge in [0.1, 0.15) is 12.4 Å². The molecular weight excluding hydrogens is 438 g/mol. The number of hydrogen-bond donors (Lipinski definition) is 2. The van der Waals surface area contributed by atoms with Gasteiger partial charge in [-0.1, -0.05) is 63.9 Å². The minimum Gasteiger partial charge on any atom is -0.315 e. The number of nitrogens with zero attached hydrogens (tertiary/aromatic N) is 3. The van der Waals surface area contributed by atoms with Gasteiger partial charge in [0.05, 0.1) is 11.4 Å². The molecule has 3 amide bonds. The van der Waals surface area contributed by atoms with E-state index in [9.17, 15) is 9.59 Å². The molecule has 0 radical (unpaired) electrons. The molecular formula is C28H37N5O2. The van der Waals surface area contributed by atoms with Gasteiger partial charge in [0.2, 0.25) is 5.91 Å². The summed E-state index contributed by atoms with van der Waals surface area (Å²) in [5.41, 5.74) is 4.48. The van der Waals surface area contributed by atoms with Crippen molar-refractivity contribution in [1.29, 1.82) is 0 Å². The number of aromatic nitrogens is 2. The molecule has 7 nitrogen and oxygen atoms in total. The van der Waals surface area contributed by atoms with E-state index in [1.165, 1.54) is 0 Å². The fourth-order valence-electron chi connectivity index (χ4n) is 3.59. The molecule has 3 rings (SSSR count). The normalized spacial score (nSPS) is 11.3. The first-order valence-electron chi connectivity index (χ1n) is 12.2. The van der Waals surface area contributed by atoms with Gasteiger partial charge >= 0.3 is 6.03 Å². The lowest BCUT2D eigenvalue weighted by Gasteiger charge is -2.22. The zero-order chi connectivity index (χ0) is 25.6. The van der Waals surface area contributed by atoms with Crippen LogP contribution in [0.1, 0.15) is 57.4 Å². The van der Waals surface area contributed by atoms with Crippen molar-refractivity contribution in [2.45, 2.75) is 59.8 Å². The molecule has 7 heteroatoms. The van der Waals surface area contributed by atoms with E-state index < -0.39 is 0 Å². The lowest BCUT2D eigenvalue weighted by atomic mass is 9.92. The number of nitrogens with one attached hydrogen (secondary N) is 2. The number of hydrogen-bond acceptors (Lipinski definition) is 3. The smallest absolute Gasteiger partial charge is 0.315 e. The van der Waals surface area contributed by atoms with Crippen LogP contribution in [-0.4, -0.2) is 39.7 Å². The second-order valence-corrected chi connectivity index (χ2v) is 10.0. The number of carbonyl (C=O) groups excluding carboxylic acids is 2. The number of carbonyl (C=O) groups is 2. The monoisotopic (exact) mass is 475 g/mol. The largest absolute Gasteiger partial charge is 0.322 e. The van der Waals surface area contributed by atoms with Crippen molar-refractivity contribution in [2.75, 3.05) is 23.7 Å². The highest BCUT2D eigenvalue weighted by Crippen LogP contribution is 2.26. The van der Waals surface area contributed by atoms with Crippen LogP contribution < -0.4 is 10.6 Å². The lowest BCUT2D eigenvalue weighted by Crippen LogP contribution is -2.41. The van der Waals surface area contributed by atoms with E-state index in [2.05, 4.69) is 38.3 Å². The number of urea groups is 1. The van der Waals surface area contributed by atoms with Gasteiger partial charge in [-0.25, -0.2) is 9.48 Å². The summed E-state index contributed by atoms with van der Waals surface area (Å²) in [5.74, 6) is 0.314. The van der Waals surface area contributed by atoms with E-state index in [0.29, 0.717) is 18.1 Å². The molecule has 0 bridgehead atoms. The number of rotatable bonds is 8. The first kappa shape index (κ1) is 26.0.